The number of aryl methyl sites for hydroxylation is 1. The van der Waals surface area contributed by atoms with Gasteiger partial charge in [-0.3, -0.25) is 0 Å². The number of rotatable bonds is 7. The number of methoxy groups -OCH3 is 1. The predicted molar refractivity (Wildman–Crippen MR) is 79.5 cm³/mol. The zero-order valence-electron chi connectivity index (χ0n) is 11.3. The average Bonchev–Trinajstić information content (AvgIpc) is 2.40. The van der Waals surface area contributed by atoms with Gasteiger partial charge in [0.2, 0.25) is 0 Å². The van der Waals surface area contributed by atoms with Gasteiger partial charge in [0.05, 0.1) is 7.11 Å². The minimum atomic E-state index is -0.392. The summed E-state index contributed by atoms with van der Waals surface area (Å²) in [5, 5.41) is 0. The van der Waals surface area contributed by atoms with Crippen LogP contribution in [-0.2, 0) is 15.3 Å². The fraction of sp³-hybridized carbons (Fsp3) is 0.357. The normalized spacial score (nSPS) is 10.0. The van der Waals surface area contributed by atoms with Crippen LogP contribution in [-0.4, -0.2) is 25.4 Å². The lowest BCUT2D eigenvalue weighted by molar-refractivity contribution is -0.137. The summed E-state index contributed by atoms with van der Waals surface area (Å²) in [6, 6.07) is 3.86. The number of esters is 1. The molecule has 0 aliphatic carbocycles. The number of thioether (sulfide) groups is 1. The van der Waals surface area contributed by atoms with E-state index < -0.39 is 5.97 Å². The van der Waals surface area contributed by atoms with Crippen LogP contribution < -0.4 is 10.5 Å². The molecule has 0 aromatic heterocycles. The molecule has 4 nitrogen and oxygen atoms in total. The zero-order valence-corrected chi connectivity index (χ0v) is 12.1. The van der Waals surface area contributed by atoms with E-state index in [1.54, 1.807) is 18.9 Å². The quantitative estimate of drug-likeness (QED) is 0.360. The molecule has 0 aliphatic heterocycles. The van der Waals surface area contributed by atoms with Crippen molar-refractivity contribution in [2.75, 3.05) is 25.2 Å². The highest BCUT2D eigenvalue weighted by molar-refractivity contribution is 7.98. The summed E-state index contributed by atoms with van der Waals surface area (Å²) >= 11 is 1.65. The molecular formula is C14H19NO3S. The van der Waals surface area contributed by atoms with Gasteiger partial charge < -0.3 is 15.2 Å². The first-order valence-corrected chi connectivity index (χ1v) is 7.04. The lowest BCUT2D eigenvalue weighted by atomic mass is 10.1. The molecular weight excluding hydrogens is 262 g/mol. The van der Waals surface area contributed by atoms with E-state index in [1.807, 2.05) is 19.1 Å². The number of carbonyl (C=O) groups excluding carboxylic acids is 1. The molecule has 1 rings (SSSR count). The van der Waals surface area contributed by atoms with Crippen LogP contribution in [0.5, 0.6) is 5.75 Å². The summed E-state index contributed by atoms with van der Waals surface area (Å²) in [6.45, 7) is 5.67. The number of anilines is 1. The number of hydrogen-bond acceptors (Lipinski definition) is 5. The molecule has 1 aromatic rings. The lowest BCUT2D eigenvalue weighted by Crippen LogP contribution is -2.04. The van der Waals surface area contributed by atoms with Gasteiger partial charge in [0.1, 0.15) is 12.4 Å². The van der Waals surface area contributed by atoms with E-state index in [0.717, 1.165) is 40.1 Å². The Labute approximate surface area is 118 Å². The third kappa shape index (κ3) is 4.87. The fourth-order valence-electron chi connectivity index (χ4n) is 1.54. The van der Waals surface area contributed by atoms with Crippen LogP contribution in [0.4, 0.5) is 5.69 Å². The van der Waals surface area contributed by atoms with Crippen LogP contribution in [0.25, 0.3) is 0 Å². The summed E-state index contributed by atoms with van der Waals surface area (Å²) in [5.74, 6) is 1.92. The molecule has 0 saturated carbocycles. The molecule has 0 atom stereocenters. The van der Waals surface area contributed by atoms with Crippen molar-refractivity contribution in [1.82, 2.24) is 0 Å². The van der Waals surface area contributed by atoms with Crippen molar-refractivity contribution in [2.45, 2.75) is 12.7 Å². The summed E-state index contributed by atoms with van der Waals surface area (Å²) < 4.78 is 10.2. The number of hydrogen-bond donors (Lipinski definition) is 1. The van der Waals surface area contributed by atoms with Crippen LogP contribution in [0.15, 0.2) is 24.8 Å². The molecule has 2 N–H and O–H groups in total. The molecule has 0 amide bonds. The number of nitrogen functional groups attached to an aromatic ring is 1. The summed E-state index contributed by atoms with van der Waals surface area (Å²) in [5.41, 5.74) is 8.77. The Bertz CT molecular complexity index is 460. The van der Waals surface area contributed by atoms with Crippen LogP contribution in [0, 0.1) is 6.92 Å². The van der Waals surface area contributed by atoms with Crippen molar-refractivity contribution in [2.24, 2.45) is 0 Å². The number of carbonyl (C=O) groups is 1. The van der Waals surface area contributed by atoms with Crippen molar-refractivity contribution < 1.29 is 14.3 Å². The van der Waals surface area contributed by atoms with Crippen LogP contribution in [0.2, 0.25) is 0 Å². The highest BCUT2D eigenvalue weighted by Crippen LogP contribution is 2.27. The first kappa shape index (κ1) is 15.4. The molecule has 0 spiro atoms. The maximum atomic E-state index is 10.8. The van der Waals surface area contributed by atoms with Crippen molar-refractivity contribution in [1.29, 1.82) is 0 Å². The van der Waals surface area contributed by atoms with Crippen molar-refractivity contribution in [3.63, 3.8) is 0 Å². The summed E-state index contributed by atoms with van der Waals surface area (Å²) in [4.78, 5) is 10.8. The van der Waals surface area contributed by atoms with E-state index in [1.165, 1.54) is 0 Å². The monoisotopic (exact) mass is 281 g/mol. The van der Waals surface area contributed by atoms with E-state index in [0.29, 0.717) is 6.61 Å². The molecule has 0 unspecified atom stereocenters. The minimum Gasteiger partial charge on any atom is -0.496 e. The number of benzene rings is 1. The molecule has 1 aromatic carbocycles. The van der Waals surface area contributed by atoms with Gasteiger partial charge in [-0.1, -0.05) is 6.58 Å². The summed E-state index contributed by atoms with van der Waals surface area (Å²) in [6.07, 6.45) is 1.16. The van der Waals surface area contributed by atoms with E-state index in [4.69, 9.17) is 15.2 Å². The van der Waals surface area contributed by atoms with Gasteiger partial charge in [-0.2, -0.15) is 11.8 Å². The maximum Gasteiger partial charge on any atom is 0.330 e. The molecule has 0 saturated heterocycles. The molecule has 0 fully saturated rings. The SMILES string of the molecule is C=CC(=O)OCCSCc1cc(OC)c(C)cc1N. The molecule has 104 valence electrons. The van der Waals surface area contributed by atoms with Crippen LogP contribution >= 0.6 is 11.8 Å². The third-order valence-electron chi connectivity index (χ3n) is 2.55. The van der Waals surface area contributed by atoms with Gasteiger partial charge in [-0.15, -0.1) is 0 Å². The topological polar surface area (TPSA) is 61.5 Å². The van der Waals surface area contributed by atoms with E-state index in [-0.39, 0.29) is 0 Å². The lowest BCUT2D eigenvalue weighted by Gasteiger charge is -2.11. The van der Waals surface area contributed by atoms with Crippen LogP contribution in [0.3, 0.4) is 0 Å². The Balaban J connectivity index is 2.45. The van der Waals surface area contributed by atoms with Gasteiger partial charge in [0, 0.05) is 23.3 Å². The van der Waals surface area contributed by atoms with Gasteiger partial charge in [-0.25, -0.2) is 4.79 Å². The smallest absolute Gasteiger partial charge is 0.330 e. The second-order valence-electron chi connectivity index (χ2n) is 3.94. The Morgan fingerprint density at radius 3 is 2.89 bits per heavy atom. The van der Waals surface area contributed by atoms with Crippen molar-refractivity contribution in [3.05, 3.63) is 35.9 Å². The van der Waals surface area contributed by atoms with Crippen LogP contribution in [0.1, 0.15) is 11.1 Å². The maximum absolute atomic E-state index is 10.8. The van der Waals surface area contributed by atoms with Gasteiger partial charge in [0.15, 0.2) is 0 Å². The van der Waals surface area contributed by atoms with Gasteiger partial charge in [0.25, 0.3) is 0 Å². The average molecular weight is 281 g/mol. The Hall–Kier alpha value is -1.62. The highest BCUT2D eigenvalue weighted by atomic mass is 32.2. The fourth-order valence-corrected chi connectivity index (χ4v) is 2.36. The molecule has 0 bridgehead atoms. The minimum absolute atomic E-state index is 0.373. The van der Waals surface area contributed by atoms with E-state index in [2.05, 4.69) is 6.58 Å². The van der Waals surface area contributed by atoms with Crippen molar-refractivity contribution >= 4 is 23.4 Å². The predicted octanol–water partition coefficient (Wildman–Crippen LogP) is 2.55. The Kier molecular flexibility index (Phi) is 6.29. The molecule has 0 heterocycles. The molecule has 19 heavy (non-hydrogen) atoms. The second kappa shape index (κ2) is 7.74. The third-order valence-corrected chi connectivity index (χ3v) is 3.52. The molecule has 0 radical (unpaired) electrons. The standard InChI is InChI=1S/C14H19NO3S/c1-4-14(16)18-5-6-19-9-11-8-13(17-3)10(2)7-12(11)15/h4,7-8H,1,5-6,9,15H2,2-3H3. The first-order valence-electron chi connectivity index (χ1n) is 5.88. The molecule has 0 aliphatic rings. The largest absolute Gasteiger partial charge is 0.496 e. The highest BCUT2D eigenvalue weighted by Gasteiger charge is 2.06. The number of nitrogens with two attached hydrogens (primary N) is 1. The zero-order chi connectivity index (χ0) is 14.3. The Morgan fingerprint density at radius 1 is 1.53 bits per heavy atom. The first-order chi connectivity index (χ1) is 9.08. The molecule has 5 heteroatoms. The van der Waals surface area contributed by atoms with Crippen molar-refractivity contribution in [3.8, 4) is 5.75 Å². The van der Waals surface area contributed by atoms with E-state index in [9.17, 15) is 4.79 Å². The Morgan fingerprint density at radius 2 is 2.26 bits per heavy atom. The number of ether oxygens (including phenoxy) is 2. The second-order valence-corrected chi connectivity index (χ2v) is 5.05. The van der Waals surface area contributed by atoms with E-state index >= 15 is 0 Å². The van der Waals surface area contributed by atoms with Gasteiger partial charge in [-0.05, 0) is 30.2 Å². The van der Waals surface area contributed by atoms with Gasteiger partial charge >= 0.3 is 5.97 Å². The summed E-state index contributed by atoms with van der Waals surface area (Å²) in [7, 11) is 1.64.